The number of halogens is 3. The molecule has 0 spiro atoms. The third-order valence-electron chi connectivity index (χ3n) is 3.04. The zero-order valence-corrected chi connectivity index (χ0v) is 14.8. The molecule has 0 saturated carbocycles. The number of hydrogen-bond donors (Lipinski definition) is 1. The lowest BCUT2D eigenvalue weighted by atomic mass is 10.2. The van der Waals surface area contributed by atoms with E-state index in [1.165, 1.54) is 13.2 Å². The molecule has 0 bridgehead atoms. The first-order chi connectivity index (χ1) is 11.4. The van der Waals surface area contributed by atoms with Gasteiger partial charge >= 0.3 is 5.97 Å². The normalized spacial score (nSPS) is 10.8. The molecule has 0 aliphatic heterocycles. The molecule has 0 aromatic heterocycles. The van der Waals surface area contributed by atoms with Gasteiger partial charge in [-0.1, -0.05) is 40.9 Å². The van der Waals surface area contributed by atoms with Crippen molar-refractivity contribution in [1.29, 1.82) is 0 Å². The van der Waals surface area contributed by atoms with Crippen LogP contribution in [-0.4, -0.2) is 18.2 Å². The summed E-state index contributed by atoms with van der Waals surface area (Å²) in [6.45, 7) is 0.220. The molecule has 2 rings (SSSR count). The molecule has 126 valence electrons. The monoisotopic (exact) mass is 386 g/mol. The Kier molecular flexibility index (Phi) is 6.37. The van der Waals surface area contributed by atoms with Crippen molar-refractivity contribution in [3.63, 3.8) is 0 Å². The van der Waals surface area contributed by atoms with Gasteiger partial charge in [0.15, 0.2) is 11.5 Å². The van der Waals surface area contributed by atoms with Gasteiger partial charge < -0.3 is 14.6 Å². The largest absolute Gasteiger partial charge is 0.493 e. The third kappa shape index (κ3) is 4.81. The SMILES string of the molecule is COc1cc(C=CC(=O)O)cc(Cl)c1OCc1ccc(Cl)c(Cl)c1. The van der Waals surface area contributed by atoms with Crippen LogP contribution in [0.2, 0.25) is 15.1 Å². The van der Waals surface area contributed by atoms with E-state index in [0.29, 0.717) is 32.1 Å². The van der Waals surface area contributed by atoms with Crippen molar-refractivity contribution in [2.75, 3.05) is 7.11 Å². The van der Waals surface area contributed by atoms with Crippen LogP contribution in [0.3, 0.4) is 0 Å². The maximum atomic E-state index is 10.6. The number of methoxy groups -OCH3 is 1. The Morgan fingerprint density at radius 2 is 1.88 bits per heavy atom. The number of hydrogen-bond acceptors (Lipinski definition) is 3. The fourth-order valence-electron chi connectivity index (χ4n) is 1.93. The minimum absolute atomic E-state index is 0.220. The molecule has 0 fully saturated rings. The predicted molar refractivity (Wildman–Crippen MR) is 95.5 cm³/mol. The van der Waals surface area contributed by atoms with Crippen molar-refractivity contribution in [3.8, 4) is 11.5 Å². The predicted octanol–water partition coefficient (Wildman–Crippen LogP) is 5.33. The van der Waals surface area contributed by atoms with Crippen LogP contribution in [0.4, 0.5) is 0 Å². The van der Waals surface area contributed by atoms with E-state index in [1.807, 2.05) is 0 Å². The maximum Gasteiger partial charge on any atom is 0.328 e. The number of carboxylic acids is 1. The summed E-state index contributed by atoms with van der Waals surface area (Å²) in [7, 11) is 1.47. The van der Waals surface area contributed by atoms with Gasteiger partial charge in [0, 0.05) is 6.08 Å². The second kappa shape index (κ2) is 8.29. The first-order valence-electron chi connectivity index (χ1n) is 6.76. The Hall–Kier alpha value is -1.88. The van der Waals surface area contributed by atoms with Crippen molar-refractivity contribution < 1.29 is 19.4 Å². The third-order valence-corrected chi connectivity index (χ3v) is 4.06. The van der Waals surface area contributed by atoms with Crippen LogP contribution in [0, 0.1) is 0 Å². The molecule has 0 unspecified atom stereocenters. The van der Waals surface area contributed by atoms with Crippen LogP contribution < -0.4 is 9.47 Å². The summed E-state index contributed by atoms with van der Waals surface area (Å²) in [5.41, 5.74) is 1.40. The molecule has 24 heavy (non-hydrogen) atoms. The van der Waals surface area contributed by atoms with Gasteiger partial charge in [-0.05, 0) is 41.5 Å². The zero-order chi connectivity index (χ0) is 17.7. The average Bonchev–Trinajstić information content (AvgIpc) is 2.54. The molecule has 1 N–H and O–H groups in total. The van der Waals surface area contributed by atoms with Crippen LogP contribution in [0.5, 0.6) is 11.5 Å². The summed E-state index contributed by atoms with van der Waals surface area (Å²) < 4.78 is 11.0. The van der Waals surface area contributed by atoms with Crippen molar-refractivity contribution in [2.24, 2.45) is 0 Å². The van der Waals surface area contributed by atoms with Gasteiger partial charge in [-0.25, -0.2) is 4.79 Å². The van der Waals surface area contributed by atoms with Crippen molar-refractivity contribution in [2.45, 2.75) is 6.61 Å². The highest BCUT2D eigenvalue weighted by Gasteiger charge is 2.12. The lowest BCUT2D eigenvalue weighted by Crippen LogP contribution is -1.99. The average molecular weight is 388 g/mol. The molecule has 0 aliphatic carbocycles. The fraction of sp³-hybridized carbons (Fsp3) is 0.118. The second-order valence-electron chi connectivity index (χ2n) is 4.74. The molecular formula is C17H13Cl3O4. The van der Waals surface area contributed by atoms with Crippen LogP contribution in [-0.2, 0) is 11.4 Å². The van der Waals surface area contributed by atoms with E-state index in [1.54, 1.807) is 30.3 Å². The number of aliphatic carboxylic acids is 1. The molecule has 0 radical (unpaired) electrons. The Balaban J connectivity index is 2.22. The highest BCUT2D eigenvalue weighted by atomic mass is 35.5. The highest BCUT2D eigenvalue weighted by Crippen LogP contribution is 2.37. The van der Waals surface area contributed by atoms with Crippen molar-refractivity contribution >= 4 is 46.8 Å². The van der Waals surface area contributed by atoms with Crippen LogP contribution in [0.15, 0.2) is 36.4 Å². The molecule has 0 saturated heterocycles. The Labute approximate surface area is 154 Å². The quantitative estimate of drug-likeness (QED) is 0.680. The molecule has 4 nitrogen and oxygen atoms in total. The van der Waals surface area contributed by atoms with Gasteiger partial charge in [-0.15, -0.1) is 0 Å². The molecule has 2 aromatic rings. The topological polar surface area (TPSA) is 55.8 Å². The van der Waals surface area contributed by atoms with Gasteiger partial charge in [-0.3, -0.25) is 0 Å². The maximum absolute atomic E-state index is 10.6. The van der Waals surface area contributed by atoms with Crippen LogP contribution in [0.25, 0.3) is 6.08 Å². The Morgan fingerprint density at radius 1 is 1.12 bits per heavy atom. The number of carbonyl (C=O) groups is 1. The summed E-state index contributed by atoms with van der Waals surface area (Å²) >= 11 is 18.1. The summed E-state index contributed by atoms with van der Waals surface area (Å²) in [4.78, 5) is 10.6. The zero-order valence-electron chi connectivity index (χ0n) is 12.6. The van der Waals surface area contributed by atoms with Crippen LogP contribution in [0.1, 0.15) is 11.1 Å². The summed E-state index contributed by atoms with van der Waals surface area (Å²) in [5.74, 6) is -0.296. The lowest BCUT2D eigenvalue weighted by molar-refractivity contribution is -0.131. The Morgan fingerprint density at radius 3 is 2.50 bits per heavy atom. The summed E-state index contributed by atoms with van der Waals surface area (Å²) in [5, 5.41) is 9.89. The number of rotatable bonds is 6. The van der Waals surface area contributed by atoms with Gasteiger partial charge in [0.25, 0.3) is 0 Å². The number of carboxylic acid groups (broad SMARTS) is 1. The van der Waals surface area contributed by atoms with E-state index in [4.69, 9.17) is 49.4 Å². The van der Waals surface area contributed by atoms with Crippen LogP contribution >= 0.6 is 34.8 Å². The first-order valence-corrected chi connectivity index (χ1v) is 7.89. The standard InChI is InChI=1S/C17H13Cl3O4/c1-23-15-8-10(3-5-16(21)22)6-14(20)17(15)24-9-11-2-4-12(18)13(19)7-11/h2-8H,9H2,1H3,(H,21,22). The van der Waals surface area contributed by atoms with E-state index < -0.39 is 5.97 Å². The molecule has 0 amide bonds. The van der Waals surface area contributed by atoms with E-state index >= 15 is 0 Å². The van der Waals surface area contributed by atoms with E-state index in [0.717, 1.165) is 11.6 Å². The van der Waals surface area contributed by atoms with Gasteiger partial charge in [0.1, 0.15) is 6.61 Å². The van der Waals surface area contributed by atoms with E-state index in [-0.39, 0.29) is 6.61 Å². The number of benzene rings is 2. The highest BCUT2D eigenvalue weighted by molar-refractivity contribution is 6.42. The second-order valence-corrected chi connectivity index (χ2v) is 5.96. The summed E-state index contributed by atoms with van der Waals surface area (Å²) in [6.07, 6.45) is 2.43. The van der Waals surface area contributed by atoms with Crippen molar-refractivity contribution in [3.05, 3.63) is 62.6 Å². The molecule has 0 atom stereocenters. The number of ether oxygens (including phenoxy) is 2. The Bertz CT molecular complexity index is 788. The van der Waals surface area contributed by atoms with Gasteiger partial charge in [-0.2, -0.15) is 0 Å². The molecule has 0 aliphatic rings. The minimum atomic E-state index is -1.05. The molecule has 2 aromatic carbocycles. The molecular weight excluding hydrogens is 375 g/mol. The lowest BCUT2D eigenvalue weighted by Gasteiger charge is -2.13. The van der Waals surface area contributed by atoms with Gasteiger partial charge in [0.05, 0.1) is 22.2 Å². The van der Waals surface area contributed by atoms with Gasteiger partial charge in [0.2, 0.25) is 0 Å². The summed E-state index contributed by atoms with van der Waals surface area (Å²) in [6, 6.07) is 8.40. The smallest absolute Gasteiger partial charge is 0.328 e. The van der Waals surface area contributed by atoms with Crippen molar-refractivity contribution in [1.82, 2.24) is 0 Å². The minimum Gasteiger partial charge on any atom is -0.493 e. The molecule has 0 heterocycles. The molecule has 7 heteroatoms. The van der Waals surface area contributed by atoms with E-state index in [9.17, 15) is 4.79 Å². The van der Waals surface area contributed by atoms with E-state index in [2.05, 4.69) is 0 Å². The fourth-order valence-corrected chi connectivity index (χ4v) is 2.52. The first kappa shape index (κ1) is 18.5.